The Morgan fingerprint density at radius 1 is 1.18 bits per heavy atom. The van der Waals surface area contributed by atoms with Crippen molar-refractivity contribution in [3.8, 4) is 11.4 Å². The fraction of sp³-hybridized carbons (Fsp3) is 0.238. The van der Waals surface area contributed by atoms with Crippen LogP contribution in [0.1, 0.15) is 22.8 Å². The van der Waals surface area contributed by atoms with Crippen LogP contribution >= 0.6 is 0 Å². The fourth-order valence-electron chi connectivity index (χ4n) is 3.85. The second-order valence-corrected chi connectivity index (χ2v) is 7.10. The van der Waals surface area contributed by atoms with Crippen molar-refractivity contribution >= 4 is 5.52 Å². The minimum Gasteiger partial charge on any atom is -0.306 e. The predicted octanol–water partition coefficient (Wildman–Crippen LogP) is 2.35. The zero-order valence-electron chi connectivity index (χ0n) is 15.6. The molecule has 4 aromatic heterocycles. The molecule has 5 rings (SSSR count). The summed E-state index contributed by atoms with van der Waals surface area (Å²) in [5.74, 6) is 1.56. The molecule has 0 bridgehead atoms. The summed E-state index contributed by atoms with van der Waals surface area (Å²) < 4.78 is 2.10. The van der Waals surface area contributed by atoms with Crippen LogP contribution in [0.4, 0.5) is 0 Å². The first kappa shape index (κ1) is 16.8. The van der Waals surface area contributed by atoms with E-state index in [0.717, 1.165) is 46.8 Å². The first-order valence-electron chi connectivity index (χ1n) is 9.36. The van der Waals surface area contributed by atoms with Gasteiger partial charge in [-0.3, -0.25) is 14.7 Å². The van der Waals surface area contributed by atoms with Gasteiger partial charge in [0.05, 0.1) is 22.5 Å². The number of aryl methyl sites for hydroxylation is 1. The lowest BCUT2D eigenvalue weighted by atomic mass is 10.1. The summed E-state index contributed by atoms with van der Waals surface area (Å²) >= 11 is 0. The third kappa shape index (κ3) is 2.90. The largest absolute Gasteiger partial charge is 0.306 e. The zero-order chi connectivity index (χ0) is 19.1. The Hall–Kier alpha value is -3.32. The third-order valence-corrected chi connectivity index (χ3v) is 5.26. The number of aromatic amines is 1. The molecule has 0 amide bonds. The van der Waals surface area contributed by atoms with Crippen LogP contribution in [-0.2, 0) is 19.5 Å². The van der Waals surface area contributed by atoms with Gasteiger partial charge in [-0.15, -0.1) is 0 Å². The van der Waals surface area contributed by atoms with Crippen LogP contribution in [0.3, 0.4) is 0 Å². The number of aromatic nitrogens is 5. The quantitative estimate of drug-likeness (QED) is 0.597. The van der Waals surface area contributed by atoms with E-state index in [1.807, 2.05) is 37.4 Å². The average Bonchev–Trinajstić information content (AvgIpc) is 3.05. The summed E-state index contributed by atoms with van der Waals surface area (Å²) in [4.78, 5) is 31.4. The van der Waals surface area contributed by atoms with Crippen LogP contribution < -0.4 is 5.56 Å². The number of nitrogens with zero attached hydrogens (tertiary/aromatic N) is 5. The average molecular weight is 372 g/mol. The molecule has 0 unspecified atom stereocenters. The lowest BCUT2D eigenvalue weighted by Crippen LogP contribution is -2.35. The van der Waals surface area contributed by atoms with Crippen LogP contribution in [-0.4, -0.2) is 35.8 Å². The molecule has 0 fully saturated rings. The van der Waals surface area contributed by atoms with E-state index in [-0.39, 0.29) is 5.56 Å². The van der Waals surface area contributed by atoms with Crippen molar-refractivity contribution in [3.05, 3.63) is 82.1 Å². The topological polar surface area (TPSA) is 79.2 Å². The maximum absolute atomic E-state index is 12.7. The van der Waals surface area contributed by atoms with Crippen molar-refractivity contribution in [1.29, 1.82) is 0 Å². The van der Waals surface area contributed by atoms with Crippen molar-refractivity contribution in [3.63, 3.8) is 0 Å². The van der Waals surface area contributed by atoms with E-state index in [1.54, 1.807) is 12.4 Å². The lowest BCUT2D eigenvalue weighted by Gasteiger charge is -2.27. The molecule has 0 aromatic carbocycles. The van der Waals surface area contributed by atoms with Gasteiger partial charge in [-0.05, 0) is 31.2 Å². The summed E-state index contributed by atoms with van der Waals surface area (Å²) in [6, 6.07) is 9.86. The molecule has 7 heteroatoms. The number of fused-ring (bicyclic) bond motifs is 2. The van der Waals surface area contributed by atoms with Crippen LogP contribution in [0.25, 0.3) is 16.9 Å². The van der Waals surface area contributed by atoms with Crippen LogP contribution in [0.15, 0.2) is 53.7 Å². The van der Waals surface area contributed by atoms with E-state index in [1.165, 1.54) is 0 Å². The van der Waals surface area contributed by atoms with Gasteiger partial charge in [0.2, 0.25) is 0 Å². The second kappa shape index (κ2) is 6.69. The lowest BCUT2D eigenvalue weighted by molar-refractivity contribution is 0.240. The van der Waals surface area contributed by atoms with Crippen molar-refractivity contribution in [1.82, 2.24) is 29.2 Å². The Bertz CT molecular complexity index is 1210. The maximum Gasteiger partial charge on any atom is 0.255 e. The summed E-state index contributed by atoms with van der Waals surface area (Å²) in [6.45, 7) is 4.15. The summed E-state index contributed by atoms with van der Waals surface area (Å²) in [6.07, 6.45) is 6.20. The van der Waals surface area contributed by atoms with Gasteiger partial charge in [0.1, 0.15) is 11.6 Å². The highest BCUT2D eigenvalue weighted by Gasteiger charge is 2.23. The zero-order valence-corrected chi connectivity index (χ0v) is 15.6. The van der Waals surface area contributed by atoms with Gasteiger partial charge in [-0.25, -0.2) is 9.97 Å². The van der Waals surface area contributed by atoms with Gasteiger partial charge in [0.25, 0.3) is 5.56 Å². The van der Waals surface area contributed by atoms with Crippen molar-refractivity contribution in [2.24, 2.45) is 0 Å². The molecule has 0 atom stereocenters. The van der Waals surface area contributed by atoms with Gasteiger partial charge in [0, 0.05) is 50.2 Å². The summed E-state index contributed by atoms with van der Waals surface area (Å²) in [7, 11) is 0. The van der Waals surface area contributed by atoms with E-state index in [0.29, 0.717) is 18.9 Å². The number of nitrogens with one attached hydrogen (secondary N) is 1. The van der Waals surface area contributed by atoms with Crippen molar-refractivity contribution in [2.45, 2.75) is 26.4 Å². The van der Waals surface area contributed by atoms with Crippen molar-refractivity contribution < 1.29 is 0 Å². The molecule has 5 heterocycles. The second-order valence-electron chi connectivity index (χ2n) is 7.10. The maximum atomic E-state index is 12.7. The Labute approximate surface area is 161 Å². The molecule has 0 aliphatic carbocycles. The Morgan fingerprint density at radius 2 is 2.11 bits per heavy atom. The number of H-pyrrole nitrogens is 1. The van der Waals surface area contributed by atoms with E-state index in [9.17, 15) is 4.79 Å². The summed E-state index contributed by atoms with van der Waals surface area (Å²) in [5.41, 5.74) is 4.54. The molecule has 4 aromatic rings. The Balaban J connectivity index is 1.43. The molecule has 1 N–H and O–H groups in total. The summed E-state index contributed by atoms with van der Waals surface area (Å²) in [5, 5.41) is 0. The van der Waals surface area contributed by atoms with Crippen LogP contribution in [0, 0.1) is 6.92 Å². The first-order valence-corrected chi connectivity index (χ1v) is 9.36. The van der Waals surface area contributed by atoms with Gasteiger partial charge < -0.3 is 9.38 Å². The molecule has 1 aliphatic heterocycles. The number of imidazole rings is 1. The highest BCUT2D eigenvalue weighted by Crippen LogP contribution is 2.21. The highest BCUT2D eigenvalue weighted by atomic mass is 16.1. The SMILES string of the molecule is Cc1nc(CN2CCc3nc(-c4cccnc4)[nH]c(=O)c3C2)c2ccccn12. The van der Waals surface area contributed by atoms with E-state index in [2.05, 4.69) is 25.3 Å². The molecule has 0 radical (unpaired) electrons. The smallest absolute Gasteiger partial charge is 0.255 e. The standard InChI is InChI=1S/C21H20N6O/c1-14-23-18(19-6-2-3-9-27(14)19)13-26-10-7-17-16(12-26)21(28)25-20(24-17)15-5-4-8-22-11-15/h2-6,8-9,11H,7,10,12-13H2,1H3,(H,24,25,28). The molecule has 0 saturated heterocycles. The van der Waals surface area contributed by atoms with E-state index in [4.69, 9.17) is 9.97 Å². The highest BCUT2D eigenvalue weighted by molar-refractivity contribution is 5.54. The van der Waals surface area contributed by atoms with E-state index >= 15 is 0 Å². The normalized spacial score (nSPS) is 14.3. The van der Waals surface area contributed by atoms with E-state index < -0.39 is 0 Å². The molecule has 1 aliphatic rings. The van der Waals surface area contributed by atoms with Crippen LogP contribution in [0.2, 0.25) is 0 Å². The minimum atomic E-state index is -0.0700. The van der Waals surface area contributed by atoms with Gasteiger partial charge in [0.15, 0.2) is 0 Å². The number of pyridine rings is 2. The number of hydrogen-bond donors (Lipinski definition) is 1. The molecular formula is C21H20N6O. The Morgan fingerprint density at radius 3 is 2.96 bits per heavy atom. The first-order chi connectivity index (χ1) is 13.7. The minimum absolute atomic E-state index is 0.0700. The fourth-order valence-corrected chi connectivity index (χ4v) is 3.85. The molecule has 0 spiro atoms. The van der Waals surface area contributed by atoms with Gasteiger partial charge >= 0.3 is 0 Å². The number of hydrogen-bond acceptors (Lipinski definition) is 5. The molecule has 140 valence electrons. The molecule has 0 saturated carbocycles. The Kier molecular flexibility index (Phi) is 4.02. The van der Waals surface area contributed by atoms with Gasteiger partial charge in [-0.2, -0.15) is 0 Å². The predicted molar refractivity (Wildman–Crippen MR) is 106 cm³/mol. The number of rotatable bonds is 3. The molecule has 28 heavy (non-hydrogen) atoms. The molecular weight excluding hydrogens is 352 g/mol. The third-order valence-electron chi connectivity index (χ3n) is 5.26. The molecule has 7 nitrogen and oxygen atoms in total. The van der Waals surface area contributed by atoms with Crippen molar-refractivity contribution in [2.75, 3.05) is 6.54 Å². The monoisotopic (exact) mass is 372 g/mol. The van der Waals surface area contributed by atoms with Crippen LogP contribution in [0.5, 0.6) is 0 Å². The van der Waals surface area contributed by atoms with Gasteiger partial charge in [-0.1, -0.05) is 6.07 Å².